The summed E-state index contributed by atoms with van der Waals surface area (Å²) >= 11 is 0. The number of nitrogens with zero attached hydrogens (tertiary/aromatic N) is 1. The lowest BCUT2D eigenvalue weighted by Gasteiger charge is -2.10. The van der Waals surface area contributed by atoms with Crippen LogP contribution in [0.25, 0.3) is 11.3 Å². The Morgan fingerprint density at radius 3 is 2.92 bits per heavy atom. The largest absolute Gasteiger partial charge is 0.494 e. The zero-order chi connectivity index (χ0) is 17.7. The Labute approximate surface area is 140 Å². The summed E-state index contributed by atoms with van der Waals surface area (Å²) in [5.74, 6) is -0.970. The Hall–Kier alpha value is -2.26. The Morgan fingerprint density at radius 2 is 2.29 bits per heavy atom. The number of benzene rings is 1. The van der Waals surface area contributed by atoms with Gasteiger partial charge in [0.05, 0.1) is 18.4 Å². The van der Waals surface area contributed by atoms with Gasteiger partial charge in [0, 0.05) is 23.1 Å². The maximum absolute atomic E-state index is 14.2. The van der Waals surface area contributed by atoms with Gasteiger partial charge < -0.3 is 9.26 Å². The Bertz CT molecular complexity index is 749. The quantitative estimate of drug-likeness (QED) is 0.578. The third-order valence-corrected chi connectivity index (χ3v) is 4.72. The zero-order valence-corrected chi connectivity index (χ0v) is 13.9. The van der Waals surface area contributed by atoms with Gasteiger partial charge in [0.2, 0.25) is 0 Å². The second-order valence-corrected chi connectivity index (χ2v) is 6.57. The fraction of sp³-hybridized carbons (Fsp3) is 0.333. The molecule has 0 aliphatic carbocycles. The van der Waals surface area contributed by atoms with Crippen molar-refractivity contribution in [2.45, 2.75) is 18.1 Å². The van der Waals surface area contributed by atoms with Crippen LogP contribution in [0.2, 0.25) is 0 Å². The smallest absolute Gasteiger partial charge is 0.259 e. The fourth-order valence-electron chi connectivity index (χ4n) is 2.21. The molecule has 24 heavy (non-hydrogen) atoms. The van der Waals surface area contributed by atoms with Crippen molar-refractivity contribution in [2.24, 2.45) is 0 Å². The molecule has 0 aliphatic rings. The lowest BCUT2D eigenvalue weighted by Crippen LogP contribution is -2.35. The Morgan fingerprint density at radius 1 is 1.54 bits per heavy atom. The van der Waals surface area contributed by atoms with E-state index in [4.69, 9.17) is 14.5 Å². The minimum Gasteiger partial charge on any atom is -0.494 e. The topological polar surface area (TPSA) is 102 Å². The van der Waals surface area contributed by atoms with Crippen LogP contribution < -0.4 is 10.2 Å². The van der Waals surface area contributed by atoms with Crippen LogP contribution in [0.5, 0.6) is 5.75 Å². The first-order valence-electron chi connectivity index (χ1n) is 7.02. The average Bonchev–Trinajstić information content (AvgIpc) is 3.03. The first kappa shape index (κ1) is 18.1. The molecule has 2 unspecified atom stereocenters. The van der Waals surface area contributed by atoms with Crippen molar-refractivity contribution in [3.63, 3.8) is 0 Å². The van der Waals surface area contributed by atoms with Gasteiger partial charge in [-0.2, -0.15) is 0 Å². The van der Waals surface area contributed by atoms with Crippen LogP contribution in [0, 0.1) is 5.82 Å². The molecule has 0 aliphatic heterocycles. The molecule has 0 saturated carbocycles. The lowest BCUT2D eigenvalue weighted by atomic mass is 10.1. The minimum absolute atomic E-state index is 0.0894. The second-order valence-electron chi connectivity index (χ2n) is 5.01. The summed E-state index contributed by atoms with van der Waals surface area (Å²) in [6, 6.07) is 6.20. The molecule has 1 heterocycles. The van der Waals surface area contributed by atoms with Crippen LogP contribution in [0.1, 0.15) is 12.1 Å². The monoisotopic (exact) mass is 356 g/mol. The third-order valence-electron chi connectivity index (χ3n) is 3.47. The number of rotatable bonds is 7. The number of ether oxygens (including phenoxy) is 1. The van der Waals surface area contributed by atoms with Gasteiger partial charge in [-0.05, 0) is 25.0 Å². The van der Waals surface area contributed by atoms with Crippen molar-refractivity contribution in [1.29, 1.82) is 0 Å². The molecule has 9 heteroatoms. The molecule has 0 saturated heterocycles. The molecule has 1 aromatic heterocycles. The predicted molar refractivity (Wildman–Crippen MR) is 84.6 cm³/mol. The number of hydrogen-bond donors (Lipinski definition) is 2. The van der Waals surface area contributed by atoms with Gasteiger partial charge in [-0.3, -0.25) is 14.2 Å². The number of methoxy groups -OCH3 is 1. The number of hydrogen-bond acceptors (Lipinski definition) is 6. The maximum Gasteiger partial charge on any atom is 0.259 e. The summed E-state index contributed by atoms with van der Waals surface area (Å²) in [6.07, 6.45) is 1.86. The molecule has 2 atom stereocenters. The molecule has 0 radical (unpaired) electrons. The lowest BCUT2D eigenvalue weighted by molar-refractivity contribution is -0.128. The van der Waals surface area contributed by atoms with E-state index in [0.717, 1.165) is 0 Å². The fourth-order valence-corrected chi connectivity index (χ4v) is 3.02. The van der Waals surface area contributed by atoms with Gasteiger partial charge in [-0.25, -0.2) is 9.87 Å². The average molecular weight is 356 g/mol. The first-order valence-corrected chi connectivity index (χ1v) is 8.64. The van der Waals surface area contributed by atoms with Crippen molar-refractivity contribution in [1.82, 2.24) is 10.6 Å². The highest BCUT2D eigenvalue weighted by Crippen LogP contribution is 2.29. The molecule has 2 rings (SSSR count). The van der Waals surface area contributed by atoms with E-state index in [1.165, 1.54) is 31.0 Å². The predicted octanol–water partition coefficient (Wildman–Crippen LogP) is 1.67. The number of aryl methyl sites for hydroxylation is 1. The van der Waals surface area contributed by atoms with E-state index in [2.05, 4.69) is 5.16 Å². The number of nitrogens with one attached hydrogen (secondary N) is 1. The van der Waals surface area contributed by atoms with Crippen molar-refractivity contribution in [3.05, 3.63) is 35.8 Å². The number of halogens is 1. The summed E-state index contributed by atoms with van der Waals surface area (Å²) in [4.78, 5) is 11.5. The third kappa shape index (κ3) is 3.98. The van der Waals surface area contributed by atoms with Crippen LogP contribution in [0.3, 0.4) is 0 Å². The van der Waals surface area contributed by atoms with Crippen LogP contribution in [-0.4, -0.2) is 39.1 Å². The number of hydroxylamine groups is 1. The molecule has 130 valence electrons. The van der Waals surface area contributed by atoms with Crippen LogP contribution in [0.15, 0.2) is 28.8 Å². The standard InChI is InChI=1S/C15H17FN2O5S/c1-22-11-5-3-4-10(14(11)16)12-8-9(18-23-12)6-7-13(24(2)21)15(19)17-20/h3-5,8,13,20H,6-7H2,1-2H3,(H,17,19). The highest BCUT2D eigenvalue weighted by molar-refractivity contribution is 7.85. The molecule has 2 aromatic rings. The summed E-state index contributed by atoms with van der Waals surface area (Å²) < 4.78 is 35.8. The Balaban J connectivity index is 2.14. The van der Waals surface area contributed by atoms with Gasteiger partial charge >= 0.3 is 0 Å². The highest BCUT2D eigenvalue weighted by Gasteiger charge is 2.23. The highest BCUT2D eigenvalue weighted by atomic mass is 32.2. The minimum atomic E-state index is -1.45. The van der Waals surface area contributed by atoms with Crippen molar-refractivity contribution in [2.75, 3.05) is 13.4 Å². The van der Waals surface area contributed by atoms with E-state index in [9.17, 15) is 13.4 Å². The van der Waals surface area contributed by atoms with Gasteiger partial charge in [0.15, 0.2) is 17.3 Å². The maximum atomic E-state index is 14.2. The van der Waals surface area contributed by atoms with E-state index in [1.807, 2.05) is 0 Å². The summed E-state index contributed by atoms with van der Waals surface area (Å²) in [5.41, 5.74) is 2.18. The second kappa shape index (κ2) is 8.02. The normalized spacial score (nSPS) is 13.3. The van der Waals surface area contributed by atoms with Crippen LogP contribution in [0.4, 0.5) is 4.39 Å². The van der Waals surface area contributed by atoms with Crippen molar-refractivity contribution in [3.8, 4) is 17.1 Å². The van der Waals surface area contributed by atoms with E-state index < -0.39 is 27.8 Å². The molecule has 0 spiro atoms. The van der Waals surface area contributed by atoms with Crippen LogP contribution >= 0.6 is 0 Å². The summed E-state index contributed by atoms with van der Waals surface area (Å²) in [6.45, 7) is 0. The molecule has 0 bridgehead atoms. The molecule has 2 N–H and O–H groups in total. The molecular formula is C15H17FN2O5S. The Kier molecular flexibility index (Phi) is 6.04. The number of aromatic nitrogens is 1. The molecule has 1 aromatic carbocycles. The van der Waals surface area contributed by atoms with Gasteiger partial charge in [-0.1, -0.05) is 11.2 Å². The van der Waals surface area contributed by atoms with Crippen LogP contribution in [-0.2, 0) is 22.0 Å². The van der Waals surface area contributed by atoms with E-state index in [0.29, 0.717) is 5.69 Å². The number of carbonyl (C=O) groups is 1. The van der Waals surface area contributed by atoms with Crippen molar-refractivity contribution < 1.29 is 27.9 Å². The zero-order valence-electron chi connectivity index (χ0n) is 13.1. The summed E-state index contributed by atoms with van der Waals surface area (Å²) in [5, 5.41) is 11.6. The van der Waals surface area contributed by atoms with E-state index in [1.54, 1.807) is 12.1 Å². The number of amides is 1. The molecule has 7 nitrogen and oxygen atoms in total. The molecule has 0 fully saturated rings. The molecular weight excluding hydrogens is 339 g/mol. The first-order chi connectivity index (χ1) is 11.5. The van der Waals surface area contributed by atoms with Crippen molar-refractivity contribution >= 4 is 16.7 Å². The van der Waals surface area contributed by atoms with Gasteiger partial charge in [-0.15, -0.1) is 0 Å². The number of carbonyl (C=O) groups excluding carboxylic acids is 1. The molecule has 1 amide bonds. The van der Waals surface area contributed by atoms with E-state index >= 15 is 0 Å². The van der Waals surface area contributed by atoms with E-state index in [-0.39, 0.29) is 29.9 Å². The van der Waals surface area contributed by atoms with Gasteiger partial charge in [0.1, 0.15) is 5.25 Å². The summed E-state index contributed by atoms with van der Waals surface area (Å²) in [7, 11) is -0.0848. The SMILES string of the molecule is COc1cccc(-c2cc(CCC(C(=O)NO)S(C)=O)no2)c1F. The van der Waals surface area contributed by atoms with Gasteiger partial charge in [0.25, 0.3) is 5.91 Å².